The number of nitrogens with two attached hydrogens (primary N) is 1. The van der Waals surface area contributed by atoms with Gasteiger partial charge in [-0.15, -0.1) is 0 Å². The van der Waals surface area contributed by atoms with E-state index < -0.39 is 46.5 Å². The number of hydrazine groups is 1. The van der Waals surface area contributed by atoms with Crippen molar-refractivity contribution in [3.05, 3.63) is 52.9 Å². The SMILES string of the molecule is NNC(=O)c1cnc(NC2(c3ccc(F)c(F)c3)CCC2)nc1C(=O)C(F)F. The number of ketones is 1. The summed E-state index contributed by atoms with van der Waals surface area (Å²) in [5.41, 5.74) is 0.000487. The Morgan fingerprint density at radius 1 is 1.18 bits per heavy atom. The molecule has 28 heavy (non-hydrogen) atoms. The predicted molar refractivity (Wildman–Crippen MR) is 89.5 cm³/mol. The van der Waals surface area contributed by atoms with E-state index in [0.717, 1.165) is 24.8 Å². The molecule has 0 atom stereocenters. The number of anilines is 1. The van der Waals surface area contributed by atoms with Crippen LogP contribution in [0.1, 0.15) is 45.7 Å². The number of aromatic nitrogens is 2. The van der Waals surface area contributed by atoms with Crippen molar-refractivity contribution in [3.63, 3.8) is 0 Å². The van der Waals surface area contributed by atoms with Crippen molar-refractivity contribution in [1.82, 2.24) is 15.4 Å². The molecule has 1 aromatic heterocycles. The van der Waals surface area contributed by atoms with Gasteiger partial charge in [-0.3, -0.25) is 15.0 Å². The standard InChI is InChI=1S/C17H15F4N5O2/c18-10-3-2-8(6-11(10)19)17(4-1-5-17)25-16-23-7-9(15(28)26-22)12(24-16)13(27)14(20)21/h2-3,6-7,14H,1,4-5,22H2,(H,26,28)(H,23,24,25). The number of nitrogen functional groups attached to an aromatic ring is 1. The van der Waals surface area contributed by atoms with E-state index in [2.05, 4.69) is 15.3 Å². The van der Waals surface area contributed by atoms with Gasteiger partial charge >= 0.3 is 6.43 Å². The van der Waals surface area contributed by atoms with Crippen LogP contribution >= 0.6 is 0 Å². The van der Waals surface area contributed by atoms with Gasteiger partial charge in [0.1, 0.15) is 5.69 Å². The summed E-state index contributed by atoms with van der Waals surface area (Å²) in [4.78, 5) is 31.1. The second kappa shape index (κ2) is 7.50. The van der Waals surface area contributed by atoms with E-state index in [1.54, 1.807) is 5.43 Å². The van der Waals surface area contributed by atoms with Gasteiger partial charge in [-0.05, 0) is 37.0 Å². The van der Waals surface area contributed by atoms with E-state index in [1.165, 1.54) is 6.07 Å². The van der Waals surface area contributed by atoms with E-state index in [-0.39, 0.29) is 5.95 Å². The third-order valence-corrected chi connectivity index (χ3v) is 4.63. The molecule has 1 aliphatic carbocycles. The van der Waals surface area contributed by atoms with Gasteiger partial charge in [-0.1, -0.05) is 6.07 Å². The van der Waals surface area contributed by atoms with Crippen molar-refractivity contribution >= 4 is 17.6 Å². The zero-order valence-corrected chi connectivity index (χ0v) is 14.3. The third-order valence-electron chi connectivity index (χ3n) is 4.63. The summed E-state index contributed by atoms with van der Waals surface area (Å²) in [6, 6.07) is 3.41. The lowest BCUT2D eigenvalue weighted by atomic mass is 9.72. The van der Waals surface area contributed by atoms with Crippen molar-refractivity contribution in [2.45, 2.75) is 31.2 Å². The highest BCUT2D eigenvalue weighted by atomic mass is 19.3. The maximum atomic E-state index is 13.6. The van der Waals surface area contributed by atoms with Crippen LogP contribution in [0, 0.1) is 11.6 Å². The molecule has 1 saturated carbocycles. The van der Waals surface area contributed by atoms with Crippen molar-refractivity contribution in [1.29, 1.82) is 0 Å². The van der Waals surface area contributed by atoms with Crippen LogP contribution in [0.15, 0.2) is 24.4 Å². The molecule has 0 aliphatic heterocycles. The Morgan fingerprint density at radius 2 is 1.89 bits per heavy atom. The van der Waals surface area contributed by atoms with E-state index >= 15 is 0 Å². The molecule has 11 heteroatoms. The second-order valence-corrected chi connectivity index (χ2v) is 6.28. The monoisotopic (exact) mass is 397 g/mol. The summed E-state index contributed by atoms with van der Waals surface area (Å²) < 4.78 is 52.6. The summed E-state index contributed by atoms with van der Waals surface area (Å²) in [6.45, 7) is 0. The van der Waals surface area contributed by atoms with Gasteiger partial charge < -0.3 is 5.32 Å². The number of benzene rings is 1. The topological polar surface area (TPSA) is 110 Å². The van der Waals surface area contributed by atoms with E-state index in [9.17, 15) is 27.2 Å². The lowest BCUT2D eigenvalue weighted by molar-refractivity contribution is 0.0669. The smallest absolute Gasteiger partial charge is 0.302 e. The zero-order chi connectivity index (χ0) is 20.5. The minimum absolute atomic E-state index is 0.206. The Kier molecular flexibility index (Phi) is 5.27. The van der Waals surface area contributed by atoms with Crippen LogP contribution in [-0.4, -0.2) is 28.1 Å². The van der Waals surface area contributed by atoms with Crippen molar-refractivity contribution in [2.24, 2.45) is 5.84 Å². The highest BCUT2D eigenvalue weighted by molar-refractivity contribution is 6.07. The number of nitrogens with one attached hydrogen (secondary N) is 2. The van der Waals surface area contributed by atoms with E-state index in [4.69, 9.17) is 5.84 Å². The minimum atomic E-state index is -3.39. The molecular formula is C17H15F4N5O2. The van der Waals surface area contributed by atoms with Gasteiger partial charge in [0.05, 0.1) is 11.1 Å². The molecule has 1 aromatic carbocycles. The number of amides is 1. The molecule has 1 amide bonds. The van der Waals surface area contributed by atoms with Crippen LogP contribution in [0.4, 0.5) is 23.5 Å². The van der Waals surface area contributed by atoms with Crippen molar-refractivity contribution in [2.75, 3.05) is 5.32 Å². The first kappa shape index (κ1) is 19.7. The van der Waals surface area contributed by atoms with Crippen LogP contribution in [0.2, 0.25) is 0 Å². The molecule has 0 spiro atoms. The molecule has 4 N–H and O–H groups in total. The minimum Gasteiger partial charge on any atom is -0.345 e. The first-order valence-corrected chi connectivity index (χ1v) is 8.21. The molecule has 1 heterocycles. The Labute approximate surface area is 156 Å². The van der Waals surface area contributed by atoms with E-state index in [0.29, 0.717) is 18.4 Å². The molecule has 1 aliphatic rings. The van der Waals surface area contributed by atoms with Gasteiger partial charge in [0.2, 0.25) is 11.7 Å². The first-order valence-electron chi connectivity index (χ1n) is 8.21. The molecule has 1 fully saturated rings. The fourth-order valence-electron chi connectivity index (χ4n) is 3.00. The van der Waals surface area contributed by atoms with Gasteiger partial charge in [-0.2, -0.15) is 0 Å². The number of hydrogen-bond donors (Lipinski definition) is 3. The number of alkyl halides is 2. The van der Waals surface area contributed by atoms with Crippen LogP contribution in [0.5, 0.6) is 0 Å². The summed E-state index contributed by atoms with van der Waals surface area (Å²) >= 11 is 0. The molecule has 0 saturated heterocycles. The zero-order valence-electron chi connectivity index (χ0n) is 14.3. The number of carbonyl (C=O) groups is 2. The lowest BCUT2D eigenvalue weighted by Crippen LogP contribution is -2.43. The fourth-order valence-corrected chi connectivity index (χ4v) is 3.00. The summed E-state index contributed by atoms with van der Waals surface area (Å²) in [6.07, 6.45) is -0.696. The van der Waals surface area contributed by atoms with Crippen molar-refractivity contribution < 1.29 is 27.2 Å². The summed E-state index contributed by atoms with van der Waals surface area (Å²) in [5.74, 6) is 0.0720. The molecule has 7 nitrogen and oxygen atoms in total. The number of nitrogens with zero attached hydrogens (tertiary/aromatic N) is 2. The van der Waals surface area contributed by atoms with Crippen LogP contribution < -0.4 is 16.6 Å². The number of rotatable bonds is 6. The quantitative estimate of drug-likeness (QED) is 0.227. The molecular weight excluding hydrogens is 382 g/mol. The average molecular weight is 397 g/mol. The number of halogens is 4. The Balaban J connectivity index is 1.98. The highest BCUT2D eigenvalue weighted by Crippen LogP contribution is 2.43. The van der Waals surface area contributed by atoms with Crippen LogP contribution in [0.25, 0.3) is 0 Å². The molecule has 0 bridgehead atoms. The number of Topliss-reactive ketones (excluding diaryl/α,β-unsaturated/α-hetero) is 1. The Morgan fingerprint density at radius 3 is 2.43 bits per heavy atom. The van der Waals surface area contributed by atoms with Crippen LogP contribution in [0.3, 0.4) is 0 Å². The van der Waals surface area contributed by atoms with Crippen LogP contribution in [-0.2, 0) is 5.54 Å². The summed E-state index contributed by atoms with van der Waals surface area (Å²) in [5, 5.41) is 2.90. The molecule has 148 valence electrons. The van der Waals surface area contributed by atoms with Gasteiger partial charge in [0, 0.05) is 6.20 Å². The number of hydrogen-bond acceptors (Lipinski definition) is 6. The Bertz CT molecular complexity index is 934. The lowest BCUT2D eigenvalue weighted by Gasteiger charge is -2.43. The maximum Gasteiger partial charge on any atom is 0.302 e. The van der Waals surface area contributed by atoms with Crippen molar-refractivity contribution in [3.8, 4) is 0 Å². The average Bonchev–Trinajstić information content (AvgIpc) is 2.65. The summed E-state index contributed by atoms with van der Waals surface area (Å²) in [7, 11) is 0. The third kappa shape index (κ3) is 3.52. The Hall–Kier alpha value is -3.08. The second-order valence-electron chi connectivity index (χ2n) is 6.28. The predicted octanol–water partition coefficient (Wildman–Crippen LogP) is 2.30. The molecule has 0 radical (unpaired) electrons. The highest BCUT2D eigenvalue weighted by Gasteiger charge is 2.40. The molecule has 2 aromatic rings. The van der Waals surface area contributed by atoms with E-state index in [1.807, 2.05) is 0 Å². The van der Waals surface area contributed by atoms with Gasteiger partial charge in [0.15, 0.2) is 11.6 Å². The molecule has 3 rings (SSSR count). The largest absolute Gasteiger partial charge is 0.345 e. The molecule has 0 unspecified atom stereocenters. The normalized spacial score (nSPS) is 15.1. The first-order chi connectivity index (χ1) is 13.3. The number of carbonyl (C=O) groups excluding carboxylic acids is 2. The van der Waals surface area contributed by atoms with Gasteiger partial charge in [0.25, 0.3) is 5.91 Å². The fraction of sp³-hybridized carbons (Fsp3) is 0.294. The maximum absolute atomic E-state index is 13.6. The van der Waals surface area contributed by atoms with Gasteiger partial charge in [-0.25, -0.2) is 33.4 Å².